The predicted octanol–water partition coefficient (Wildman–Crippen LogP) is 5.66. The van der Waals surface area contributed by atoms with Gasteiger partial charge in [-0.3, -0.25) is 4.57 Å². The molecule has 1 aromatic carbocycles. The minimum Gasteiger partial charge on any atom is -0.491 e. The Morgan fingerprint density at radius 1 is 1.29 bits per heavy atom. The monoisotopic (exact) mass is 455 g/mol. The summed E-state index contributed by atoms with van der Waals surface area (Å²) in [7, 11) is 0. The summed E-state index contributed by atoms with van der Waals surface area (Å²) in [6.45, 7) is 2.09. The lowest BCUT2D eigenvalue weighted by atomic mass is 10.2. The van der Waals surface area contributed by atoms with Crippen LogP contribution < -0.4 is 4.74 Å². The van der Waals surface area contributed by atoms with E-state index in [-0.39, 0.29) is 6.10 Å². The van der Waals surface area contributed by atoms with Crippen molar-refractivity contribution in [2.24, 2.45) is 0 Å². The minimum absolute atomic E-state index is 0.218. The topological polar surface area (TPSA) is 49.2 Å². The first-order valence-corrected chi connectivity index (χ1v) is 11.6. The molecular formula is C19H19Cl2N3O2S2. The van der Waals surface area contributed by atoms with Crippen LogP contribution in [0.3, 0.4) is 0 Å². The summed E-state index contributed by atoms with van der Waals surface area (Å²) < 4.78 is 13.8. The summed E-state index contributed by atoms with van der Waals surface area (Å²) in [5, 5.41) is 12.9. The number of thioether (sulfide) groups is 1. The molecule has 1 saturated heterocycles. The van der Waals surface area contributed by atoms with E-state index in [0.717, 1.165) is 47.6 Å². The Kier molecular flexibility index (Phi) is 6.80. The van der Waals surface area contributed by atoms with Crippen molar-refractivity contribution in [2.45, 2.75) is 30.6 Å². The Morgan fingerprint density at radius 3 is 3.00 bits per heavy atom. The van der Waals surface area contributed by atoms with Gasteiger partial charge < -0.3 is 9.47 Å². The van der Waals surface area contributed by atoms with E-state index in [1.54, 1.807) is 41.3 Å². The number of benzene rings is 1. The molecule has 0 N–H and O–H groups in total. The van der Waals surface area contributed by atoms with Gasteiger partial charge in [0.2, 0.25) is 0 Å². The molecule has 0 spiro atoms. The molecule has 1 unspecified atom stereocenters. The van der Waals surface area contributed by atoms with Crippen LogP contribution in [0.5, 0.6) is 5.75 Å². The lowest BCUT2D eigenvalue weighted by Crippen LogP contribution is -2.16. The molecule has 0 bridgehead atoms. The van der Waals surface area contributed by atoms with Gasteiger partial charge in [-0.25, -0.2) is 0 Å². The van der Waals surface area contributed by atoms with Crippen LogP contribution >= 0.6 is 46.3 Å². The first kappa shape index (κ1) is 20.0. The number of aromatic nitrogens is 3. The van der Waals surface area contributed by atoms with Crippen LogP contribution in [-0.2, 0) is 11.3 Å². The second-order valence-corrected chi connectivity index (χ2v) is 9.15. The van der Waals surface area contributed by atoms with Gasteiger partial charge in [-0.1, -0.05) is 41.0 Å². The summed E-state index contributed by atoms with van der Waals surface area (Å²) >= 11 is 15.4. The highest BCUT2D eigenvalue weighted by Crippen LogP contribution is 2.30. The molecule has 3 heterocycles. The molecule has 0 aliphatic carbocycles. The maximum atomic E-state index is 6.14. The van der Waals surface area contributed by atoms with Crippen LogP contribution in [-0.4, -0.2) is 39.8 Å². The lowest BCUT2D eigenvalue weighted by Gasteiger charge is -2.14. The van der Waals surface area contributed by atoms with Crippen LogP contribution in [0, 0.1) is 0 Å². The summed E-state index contributed by atoms with van der Waals surface area (Å²) in [5.74, 6) is 2.21. The van der Waals surface area contributed by atoms with E-state index in [2.05, 4.69) is 26.2 Å². The largest absolute Gasteiger partial charge is 0.491 e. The second-order valence-electron chi connectivity index (χ2n) is 6.30. The Labute approximate surface area is 182 Å². The number of nitrogens with zero attached hydrogens (tertiary/aromatic N) is 3. The number of halogens is 2. The van der Waals surface area contributed by atoms with Crippen molar-refractivity contribution in [1.82, 2.24) is 14.8 Å². The zero-order valence-corrected chi connectivity index (χ0v) is 18.2. The van der Waals surface area contributed by atoms with E-state index in [1.807, 2.05) is 6.07 Å². The molecule has 1 atom stereocenters. The number of hydrogen-bond donors (Lipinski definition) is 0. The van der Waals surface area contributed by atoms with Crippen molar-refractivity contribution < 1.29 is 9.47 Å². The minimum atomic E-state index is 0.218. The third-order valence-corrected chi connectivity index (χ3v) is 6.68. The zero-order valence-electron chi connectivity index (χ0n) is 15.0. The SMILES string of the molecule is Clc1ccc(Cl)c(OCCSc2nnc(-c3cccs3)n2CC2CCCO2)c1. The van der Waals surface area contributed by atoms with Crippen molar-refractivity contribution in [3.8, 4) is 16.5 Å². The average molecular weight is 456 g/mol. The van der Waals surface area contributed by atoms with Crippen molar-refractivity contribution >= 4 is 46.3 Å². The number of rotatable bonds is 8. The zero-order chi connectivity index (χ0) is 19.3. The van der Waals surface area contributed by atoms with Gasteiger partial charge in [0.15, 0.2) is 11.0 Å². The smallest absolute Gasteiger partial charge is 0.191 e. The van der Waals surface area contributed by atoms with E-state index in [9.17, 15) is 0 Å². The van der Waals surface area contributed by atoms with E-state index in [4.69, 9.17) is 32.7 Å². The standard InChI is InChI=1S/C19H19Cl2N3O2S2/c20-13-5-6-15(21)16(11-13)26-8-10-28-19-23-22-18(17-4-2-9-27-17)24(19)12-14-3-1-7-25-14/h2,4-6,9,11,14H,1,3,7-8,10,12H2. The molecule has 1 fully saturated rings. The van der Waals surface area contributed by atoms with Crippen LogP contribution in [0.15, 0.2) is 40.9 Å². The summed E-state index contributed by atoms with van der Waals surface area (Å²) in [4.78, 5) is 1.11. The molecule has 5 nitrogen and oxygen atoms in total. The van der Waals surface area contributed by atoms with Crippen molar-refractivity contribution in [1.29, 1.82) is 0 Å². The Morgan fingerprint density at radius 2 is 2.21 bits per heavy atom. The highest BCUT2D eigenvalue weighted by molar-refractivity contribution is 7.99. The third-order valence-electron chi connectivity index (χ3n) is 4.33. The maximum absolute atomic E-state index is 6.14. The van der Waals surface area contributed by atoms with Crippen molar-refractivity contribution in [3.05, 3.63) is 45.8 Å². The number of ether oxygens (including phenoxy) is 2. The first-order valence-electron chi connectivity index (χ1n) is 9.00. The molecule has 9 heteroatoms. The molecule has 0 radical (unpaired) electrons. The van der Waals surface area contributed by atoms with Gasteiger partial charge in [-0.2, -0.15) is 0 Å². The summed E-state index contributed by atoms with van der Waals surface area (Å²) in [5.41, 5.74) is 0. The van der Waals surface area contributed by atoms with E-state index in [1.165, 1.54) is 0 Å². The maximum Gasteiger partial charge on any atom is 0.191 e. The molecule has 3 aromatic rings. The molecule has 1 aliphatic heterocycles. The Balaban J connectivity index is 1.42. The number of thiophene rings is 1. The van der Waals surface area contributed by atoms with E-state index in [0.29, 0.717) is 22.4 Å². The van der Waals surface area contributed by atoms with Crippen LogP contribution in [0.2, 0.25) is 10.0 Å². The van der Waals surface area contributed by atoms with Crippen LogP contribution in [0.1, 0.15) is 12.8 Å². The van der Waals surface area contributed by atoms with Crippen LogP contribution in [0.25, 0.3) is 10.7 Å². The molecule has 2 aromatic heterocycles. The lowest BCUT2D eigenvalue weighted by molar-refractivity contribution is 0.0953. The normalized spacial score (nSPS) is 16.6. The van der Waals surface area contributed by atoms with Gasteiger partial charge in [-0.05, 0) is 36.4 Å². The van der Waals surface area contributed by atoms with Crippen molar-refractivity contribution in [2.75, 3.05) is 19.0 Å². The number of hydrogen-bond acceptors (Lipinski definition) is 6. The third kappa shape index (κ3) is 4.83. The van der Waals surface area contributed by atoms with Crippen LogP contribution in [0.4, 0.5) is 0 Å². The molecule has 1 aliphatic rings. The quantitative estimate of drug-likeness (QED) is 0.323. The van der Waals surface area contributed by atoms with Gasteiger partial charge in [0.1, 0.15) is 5.75 Å². The van der Waals surface area contributed by atoms with Gasteiger partial charge in [0.05, 0.1) is 29.2 Å². The van der Waals surface area contributed by atoms with E-state index >= 15 is 0 Å². The highest BCUT2D eigenvalue weighted by Gasteiger charge is 2.22. The molecule has 28 heavy (non-hydrogen) atoms. The molecule has 4 rings (SSSR count). The molecule has 0 amide bonds. The highest BCUT2D eigenvalue weighted by atomic mass is 35.5. The van der Waals surface area contributed by atoms with Crippen molar-refractivity contribution in [3.63, 3.8) is 0 Å². The molecule has 0 saturated carbocycles. The first-order chi connectivity index (χ1) is 13.7. The van der Waals surface area contributed by atoms with Gasteiger partial charge in [0, 0.05) is 23.4 Å². The van der Waals surface area contributed by atoms with Gasteiger partial charge >= 0.3 is 0 Å². The van der Waals surface area contributed by atoms with Gasteiger partial charge in [0.25, 0.3) is 0 Å². The fourth-order valence-electron chi connectivity index (χ4n) is 3.01. The fourth-order valence-corrected chi connectivity index (χ4v) is 4.83. The summed E-state index contributed by atoms with van der Waals surface area (Å²) in [6, 6.07) is 9.30. The predicted molar refractivity (Wildman–Crippen MR) is 115 cm³/mol. The fraction of sp³-hybridized carbons (Fsp3) is 0.368. The molecule has 148 valence electrons. The second kappa shape index (κ2) is 9.50. The Bertz CT molecular complexity index is 912. The summed E-state index contributed by atoms with van der Waals surface area (Å²) in [6.07, 6.45) is 2.40. The molecular weight excluding hydrogens is 437 g/mol. The average Bonchev–Trinajstić information content (AvgIpc) is 3.44. The Hall–Kier alpha value is -1.25. The van der Waals surface area contributed by atoms with E-state index < -0.39 is 0 Å². The van der Waals surface area contributed by atoms with Gasteiger partial charge in [-0.15, -0.1) is 21.5 Å².